The fraction of sp³-hybridized carbons (Fsp3) is 0.600. The molecule has 24 heavy (non-hydrogen) atoms. The third-order valence-electron chi connectivity index (χ3n) is 5.36. The Labute approximate surface area is 145 Å². The molecule has 1 aromatic rings. The number of ether oxygens (including phenoxy) is 1. The van der Waals surface area contributed by atoms with Gasteiger partial charge in [-0.25, -0.2) is 0 Å². The minimum absolute atomic E-state index is 0.0445. The largest absolute Gasteiger partial charge is 0.469 e. The molecule has 1 N–H and O–H groups in total. The second-order valence-corrected chi connectivity index (χ2v) is 7.55. The van der Waals surface area contributed by atoms with E-state index in [4.69, 9.17) is 4.74 Å². The molecular formula is C20H29NO3. The Morgan fingerprint density at radius 3 is 2.08 bits per heavy atom. The highest BCUT2D eigenvalue weighted by molar-refractivity contribution is 5.84. The molecule has 0 bridgehead atoms. The first-order valence-corrected chi connectivity index (χ1v) is 8.74. The van der Waals surface area contributed by atoms with Crippen LogP contribution in [0.15, 0.2) is 24.3 Å². The summed E-state index contributed by atoms with van der Waals surface area (Å²) in [5.41, 5.74) is 2.34. The number of carbonyl (C=O) groups is 2. The molecule has 1 aromatic carbocycles. The number of hydrogen-bond donors (Lipinski definition) is 1. The van der Waals surface area contributed by atoms with Crippen molar-refractivity contribution < 1.29 is 14.3 Å². The number of fused-ring (bicyclic) bond motifs is 1. The number of methoxy groups -OCH3 is 1. The van der Waals surface area contributed by atoms with Gasteiger partial charge in [0.15, 0.2) is 0 Å². The van der Waals surface area contributed by atoms with E-state index >= 15 is 0 Å². The van der Waals surface area contributed by atoms with Gasteiger partial charge in [0.25, 0.3) is 0 Å². The van der Waals surface area contributed by atoms with E-state index in [-0.39, 0.29) is 35.7 Å². The van der Waals surface area contributed by atoms with Gasteiger partial charge < -0.3 is 10.1 Å². The van der Waals surface area contributed by atoms with Crippen LogP contribution >= 0.6 is 0 Å². The Hall–Kier alpha value is -1.84. The molecule has 1 aliphatic carbocycles. The van der Waals surface area contributed by atoms with Crippen LogP contribution in [-0.4, -0.2) is 24.5 Å². The first-order chi connectivity index (χ1) is 11.3. The highest BCUT2D eigenvalue weighted by Crippen LogP contribution is 2.36. The molecular weight excluding hydrogens is 302 g/mol. The first-order valence-electron chi connectivity index (χ1n) is 8.74. The summed E-state index contributed by atoms with van der Waals surface area (Å²) in [6, 6.07) is 8.37. The van der Waals surface area contributed by atoms with Gasteiger partial charge in [0.1, 0.15) is 0 Å². The van der Waals surface area contributed by atoms with Crippen molar-refractivity contribution in [2.75, 3.05) is 7.11 Å². The summed E-state index contributed by atoms with van der Waals surface area (Å²) in [5, 5.41) is 3.30. The first kappa shape index (κ1) is 18.5. The number of rotatable bonds is 6. The van der Waals surface area contributed by atoms with Crippen LogP contribution in [0, 0.1) is 17.8 Å². The van der Waals surface area contributed by atoms with E-state index < -0.39 is 0 Å². The lowest BCUT2D eigenvalue weighted by Gasteiger charge is -2.36. The maximum absolute atomic E-state index is 12.9. The van der Waals surface area contributed by atoms with Crippen molar-refractivity contribution in [2.24, 2.45) is 17.8 Å². The minimum atomic E-state index is -0.364. The topological polar surface area (TPSA) is 55.4 Å². The summed E-state index contributed by atoms with van der Waals surface area (Å²) in [4.78, 5) is 24.6. The average Bonchev–Trinajstić information content (AvgIpc) is 2.91. The molecule has 0 spiro atoms. The van der Waals surface area contributed by atoms with E-state index in [2.05, 4.69) is 31.3 Å². The third kappa shape index (κ3) is 3.80. The van der Waals surface area contributed by atoms with Gasteiger partial charge in [-0.3, -0.25) is 9.59 Å². The van der Waals surface area contributed by atoms with Gasteiger partial charge in [0, 0.05) is 0 Å². The maximum atomic E-state index is 12.9. The number of benzene rings is 1. The molecule has 2 rings (SSSR count). The molecule has 0 aromatic heterocycles. The van der Waals surface area contributed by atoms with Crippen molar-refractivity contribution in [3.63, 3.8) is 0 Å². The summed E-state index contributed by atoms with van der Waals surface area (Å²) >= 11 is 0. The minimum Gasteiger partial charge on any atom is -0.469 e. The van der Waals surface area contributed by atoms with Crippen LogP contribution in [0.3, 0.4) is 0 Å². The zero-order chi connectivity index (χ0) is 17.9. The highest BCUT2D eigenvalue weighted by Gasteiger charge is 2.42. The second kappa shape index (κ2) is 7.37. The molecule has 0 radical (unpaired) electrons. The van der Waals surface area contributed by atoms with E-state index in [1.807, 2.05) is 26.0 Å². The van der Waals surface area contributed by atoms with Gasteiger partial charge in [-0.15, -0.1) is 0 Å². The Bertz CT molecular complexity index is 582. The summed E-state index contributed by atoms with van der Waals surface area (Å²) in [5.74, 6) is -0.359. The lowest BCUT2D eigenvalue weighted by Crippen LogP contribution is -2.55. The van der Waals surface area contributed by atoms with Gasteiger partial charge >= 0.3 is 5.97 Å². The number of nitrogens with one attached hydrogen (secondary N) is 1. The molecule has 0 aliphatic heterocycles. The molecule has 0 saturated heterocycles. The number of esters is 1. The molecule has 132 valence electrons. The van der Waals surface area contributed by atoms with Gasteiger partial charge in [-0.2, -0.15) is 0 Å². The summed E-state index contributed by atoms with van der Waals surface area (Å²) in [7, 11) is 1.36. The molecule has 0 saturated carbocycles. The van der Waals surface area contributed by atoms with Crippen molar-refractivity contribution in [1.82, 2.24) is 5.32 Å². The van der Waals surface area contributed by atoms with Crippen LogP contribution in [0.25, 0.3) is 0 Å². The lowest BCUT2D eigenvalue weighted by atomic mass is 9.81. The van der Waals surface area contributed by atoms with Gasteiger partial charge in [-0.05, 0) is 35.8 Å². The van der Waals surface area contributed by atoms with Gasteiger partial charge in [0.05, 0.1) is 25.0 Å². The monoisotopic (exact) mass is 331 g/mol. The van der Waals surface area contributed by atoms with E-state index in [9.17, 15) is 9.59 Å². The van der Waals surface area contributed by atoms with Crippen molar-refractivity contribution >= 4 is 11.9 Å². The summed E-state index contributed by atoms with van der Waals surface area (Å²) in [6.07, 6.45) is 1.81. The fourth-order valence-electron chi connectivity index (χ4n) is 3.52. The molecule has 0 unspecified atom stereocenters. The zero-order valence-electron chi connectivity index (χ0n) is 15.4. The standard InChI is InChI=1S/C20H29NO3/c1-13(2)17(10-18(22)24-5)19(23)21-20(14(3)4)11-15-8-6-7-9-16(15)12-20/h6-9,13-14,17H,10-12H2,1-5H3,(H,21,23)/t17-/m1/s1. The maximum Gasteiger partial charge on any atom is 0.306 e. The molecule has 0 heterocycles. The smallest absolute Gasteiger partial charge is 0.306 e. The van der Waals surface area contributed by atoms with Crippen LogP contribution in [-0.2, 0) is 27.2 Å². The normalized spacial score (nSPS) is 16.8. The SMILES string of the molecule is COC(=O)C[C@@H](C(=O)NC1(C(C)C)Cc2ccccc2C1)C(C)C. The number of carbonyl (C=O) groups excluding carboxylic acids is 2. The Balaban J connectivity index is 2.19. The fourth-order valence-corrected chi connectivity index (χ4v) is 3.52. The van der Waals surface area contributed by atoms with Gasteiger partial charge in [-0.1, -0.05) is 52.0 Å². The van der Waals surface area contributed by atoms with Crippen LogP contribution < -0.4 is 5.32 Å². The second-order valence-electron chi connectivity index (χ2n) is 7.55. The molecule has 4 heteroatoms. The predicted molar refractivity (Wildman–Crippen MR) is 94.5 cm³/mol. The highest BCUT2D eigenvalue weighted by atomic mass is 16.5. The van der Waals surface area contributed by atoms with Crippen molar-refractivity contribution in [2.45, 2.75) is 52.5 Å². The summed E-state index contributed by atoms with van der Waals surface area (Å²) in [6.45, 7) is 8.24. The van der Waals surface area contributed by atoms with Crippen LogP contribution in [0.2, 0.25) is 0 Å². The van der Waals surface area contributed by atoms with Gasteiger partial charge in [0.2, 0.25) is 5.91 Å². The van der Waals surface area contributed by atoms with Crippen LogP contribution in [0.1, 0.15) is 45.2 Å². The average molecular weight is 331 g/mol. The molecule has 4 nitrogen and oxygen atoms in total. The number of amides is 1. The van der Waals surface area contributed by atoms with Crippen LogP contribution in [0.4, 0.5) is 0 Å². The van der Waals surface area contributed by atoms with Crippen molar-refractivity contribution in [3.8, 4) is 0 Å². The quantitative estimate of drug-likeness (QED) is 0.815. The van der Waals surface area contributed by atoms with E-state index in [0.717, 1.165) is 12.8 Å². The third-order valence-corrected chi connectivity index (χ3v) is 5.36. The Morgan fingerprint density at radius 2 is 1.67 bits per heavy atom. The summed E-state index contributed by atoms with van der Waals surface area (Å²) < 4.78 is 4.76. The molecule has 1 atom stereocenters. The Kier molecular flexibility index (Phi) is 5.68. The van der Waals surface area contributed by atoms with Crippen molar-refractivity contribution in [1.29, 1.82) is 0 Å². The number of hydrogen-bond acceptors (Lipinski definition) is 3. The van der Waals surface area contributed by atoms with E-state index in [0.29, 0.717) is 5.92 Å². The lowest BCUT2D eigenvalue weighted by molar-refractivity contribution is -0.145. The van der Waals surface area contributed by atoms with E-state index in [1.54, 1.807) is 0 Å². The van der Waals surface area contributed by atoms with Crippen molar-refractivity contribution in [3.05, 3.63) is 35.4 Å². The zero-order valence-corrected chi connectivity index (χ0v) is 15.4. The van der Waals surface area contributed by atoms with Crippen LogP contribution in [0.5, 0.6) is 0 Å². The Morgan fingerprint density at radius 1 is 1.12 bits per heavy atom. The predicted octanol–water partition coefficient (Wildman–Crippen LogP) is 3.13. The molecule has 0 fully saturated rings. The molecule has 1 amide bonds. The molecule has 1 aliphatic rings. The van der Waals surface area contributed by atoms with E-state index in [1.165, 1.54) is 18.2 Å².